The number of nitrogens with zero attached hydrogens (tertiary/aromatic N) is 1. The highest BCUT2D eigenvalue weighted by atomic mass is 35.5. The monoisotopic (exact) mass is 340 g/mol. The van der Waals surface area contributed by atoms with Crippen LogP contribution in [0.15, 0.2) is 35.4 Å². The molecule has 0 aliphatic heterocycles. The van der Waals surface area contributed by atoms with Gasteiger partial charge < -0.3 is 5.11 Å². The quantitative estimate of drug-likeness (QED) is 0.895. The number of hydrogen-bond donors (Lipinski definition) is 2. The zero-order valence-corrected chi connectivity index (χ0v) is 13.4. The minimum absolute atomic E-state index is 0.0218. The first-order valence-electron chi connectivity index (χ1n) is 7.20. The zero-order chi connectivity index (χ0) is 15.7. The molecule has 22 heavy (non-hydrogen) atoms. The second-order valence-electron chi connectivity index (χ2n) is 5.56. The molecule has 1 aromatic carbocycles. The Hall–Kier alpha value is -1.21. The third-order valence-corrected chi connectivity index (χ3v) is 5.91. The number of halogens is 1. The van der Waals surface area contributed by atoms with Crippen LogP contribution < -0.4 is 4.72 Å². The van der Waals surface area contributed by atoms with Gasteiger partial charge in [-0.15, -0.1) is 0 Å². The summed E-state index contributed by atoms with van der Waals surface area (Å²) in [6.45, 7) is 0.244. The third kappa shape index (κ3) is 2.96. The van der Waals surface area contributed by atoms with Crippen LogP contribution >= 0.6 is 11.6 Å². The van der Waals surface area contributed by atoms with E-state index in [1.807, 2.05) is 0 Å². The van der Waals surface area contributed by atoms with Gasteiger partial charge in [-0.1, -0.05) is 18.0 Å². The van der Waals surface area contributed by atoms with Crippen LogP contribution in [0.5, 0.6) is 0 Å². The molecule has 1 heterocycles. The van der Waals surface area contributed by atoms with Gasteiger partial charge in [0, 0.05) is 18.1 Å². The van der Waals surface area contributed by atoms with Crippen LogP contribution in [0.3, 0.4) is 0 Å². The van der Waals surface area contributed by atoms with Crippen molar-refractivity contribution in [2.45, 2.75) is 30.3 Å². The van der Waals surface area contributed by atoms with Crippen molar-refractivity contribution in [3.63, 3.8) is 0 Å². The summed E-state index contributed by atoms with van der Waals surface area (Å²) in [5.74, 6) is -0.0218. The molecular formula is C15H17ClN2O3S. The first-order valence-corrected chi connectivity index (χ1v) is 9.06. The molecule has 3 rings (SSSR count). The lowest BCUT2D eigenvalue weighted by Gasteiger charge is -2.16. The van der Waals surface area contributed by atoms with E-state index in [9.17, 15) is 13.5 Å². The number of pyridine rings is 1. The Balaban J connectivity index is 1.91. The standard InChI is InChI=1S/C15H17ClN2O3S/c16-12-6-7-14(11-4-2-8-17-15(11)12)22(20,21)18-9-10-3-1-5-13(10)19/h2,4,6-8,10,13,18-19H,1,3,5,9H2/t10-,13+/m1/s1. The number of nitrogens with one attached hydrogen (secondary N) is 1. The number of aromatic nitrogens is 1. The van der Waals surface area contributed by atoms with Crippen LogP contribution in [0.25, 0.3) is 10.9 Å². The highest BCUT2D eigenvalue weighted by Gasteiger charge is 2.27. The normalized spacial score (nSPS) is 22.3. The molecule has 5 nitrogen and oxygen atoms in total. The van der Waals surface area contributed by atoms with Crippen molar-refractivity contribution >= 4 is 32.5 Å². The average Bonchev–Trinajstić information content (AvgIpc) is 2.91. The van der Waals surface area contributed by atoms with Gasteiger partial charge in [0.2, 0.25) is 10.0 Å². The Bertz CT molecular complexity index is 794. The summed E-state index contributed by atoms with van der Waals surface area (Å²) >= 11 is 6.07. The van der Waals surface area contributed by atoms with Gasteiger partial charge in [0.1, 0.15) is 0 Å². The number of aliphatic hydroxyl groups is 1. The van der Waals surface area contributed by atoms with Crippen LogP contribution in [-0.2, 0) is 10.0 Å². The average molecular weight is 341 g/mol. The van der Waals surface area contributed by atoms with Gasteiger partial charge in [-0.2, -0.15) is 0 Å². The maximum absolute atomic E-state index is 12.6. The second kappa shape index (κ2) is 6.12. The van der Waals surface area contributed by atoms with Gasteiger partial charge >= 0.3 is 0 Å². The van der Waals surface area contributed by atoms with Gasteiger partial charge in [-0.05, 0) is 43.0 Å². The summed E-state index contributed by atoms with van der Waals surface area (Å²) < 4.78 is 27.7. The van der Waals surface area contributed by atoms with E-state index in [0.717, 1.165) is 19.3 Å². The number of fused-ring (bicyclic) bond motifs is 1. The van der Waals surface area contributed by atoms with Gasteiger partial charge in [0.25, 0.3) is 0 Å². The smallest absolute Gasteiger partial charge is 0.241 e. The highest BCUT2D eigenvalue weighted by molar-refractivity contribution is 7.89. The topological polar surface area (TPSA) is 79.3 Å². The lowest BCUT2D eigenvalue weighted by molar-refractivity contribution is 0.134. The highest BCUT2D eigenvalue weighted by Crippen LogP contribution is 2.28. The van der Waals surface area contributed by atoms with E-state index < -0.39 is 16.1 Å². The summed E-state index contributed by atoms with van der Waals surface area (Å²) in [6, 6.07) is 6.39. The fraction of sp³-hybridized carbons (Fsp3) is 0.400. The van der Waals surface area contributed by atoms with Crippen LogP contribution in [0.1, 0.15) is 19.3 Å². The van der Waals surface area contributed by atoms with Crippen molar-refractivity contribution < 1.29 is 13.5 Å². The predicted molar refractivity (Wildman–Crippen MR) is 85.3 cm³/mol. The first-order chi connectivity index (χ1) is 10.5. The maximum Gasteiger partial charge on any atom is 0.241 e. The lowest BCUT2D eigenvalue weighted by Crippen LogP contribution is -2.32. The van der Waals surface area contributed by atoms with Gasteiger partial charge in [-0.3, -0.25) is 4.98 Å². The summed E-state index contributed by atoms with van der Waals surface area (Å²) in [4.78, 5) is 4.30. The summed E-state index contributed by atoms with van der Waals surface area (Å²) in [5.41, 5.74) is 0.466. The maximum atomic E-state index is 12.6. The van der Waals surface area contributed by atoms with Crippen LogP contribution in [-0.4, -0.2) is 31.2 Å². The van der Waals surface area contributed by atoms with E-state index in [0.29, 0.717) is 15.9 Å². The Labute approximate surface area is 134 Å². The lowest BCUT2D eigenvalue weighted by atomic mass is 10.1. The largest absolute Gasteiger partial charge is 0.393 e. The zero-order valence-electron chi connectivity index (χ0n) is 11.9. The number of hydrogen-bond acceptors (Lipinski definition) is 4. The predicted octanol–water partition coefficient (Wildman–Crippen LogP) is 2.33. The van der Waals surface area contributed by atoms with E-state index >= 15 is 0 Å². The van der Waals surface area contributed by atoms with Crippen molar-refractivity contribution in [2.24, 2.45) is 5.92 Å². The third-order valence-electron chi connectivity index (χ3n) is 4.12. The molecule has 0 unspecified atom stereocenters. The van der Waals surface area contributed by atoms with Crippen molar-refractivity contribution in [1.82, 2.24) is 9.71 Å². The molecular weight excluding hydrogens is 324 g/mol. The van der Waals surface area contributed by atoms with E-state index in [4.69, 9.17) is 11.6 Å². The van der Waals surface area contributed by atoms with Crippen molar-refractivity contribution in [3.05, 3.63) is 35.5 Å². The Morgan fingerprint density at radius 1 is 1.32 bits per heavy atom. The number of aliphatic hydroxyl groups excluding tert-OH is 1. The van der Waals surface area contributed by atoms with Crippen molar-refractivity contribution in [2.75, 3.05) is 6.54 Å². The molecule has 1 saturated carbocycles. The SMILES string of the molecule is O=S(=O)(NC[C@H]1CCC[C@@H]1O)c1ccc(Cl)c2ncccc12. The number of rotatable bonds is 4. The fourth-order valence-corrected chi connectivity index (χ4v) is 4.40. The van der Waals surface area contributed by atoms with Crippen molar-refractivity contribution in [3.8, 4) is 0 Å². The summed E-state index contributed by atoms with van der Waals surface area (Å²) in [6.07, 6.45) is 3.66. The molecule has 2 N–H and O–H groups in total. The van der Waals surface area contributed by atoms with Gasteiger partial charge in [0.05, 0.1) is 21.5 Å². The summed E-state index contributed by atoms with van der Waals surface area (Å²) in [7, 11) is -3.67. The molecule has 1 aromatic heterocycles. The van der Waals surface area contributed by atoms with Crippen LogP contribution in [0.4, 0.5) is 0 Å². The fourth-order valence-electron chi connectivity index (χ4n) is 2.90. The van der Waals surface area contributed by atoms with Gasteiger partial charge in [-0.25, -0.2) is 13.1 Å². The van der Waals surface area contributed by atoms with E-state index in [2.05, 4.69) is 9.71 Å². The molecule has 0 bridgehead atoms. The molecule has 118 valence electrons. The Kier molecular flexibility index (Phi) is 4.36. The van der Waals surface area contributed by atoms with Crippen molar-refractivity contribution in [1.29, 1.82) is 0 Å². The molecule has 0 spiro atoms. The molecule has 0 saturated heterocycles. The molecule has 1 fully saturated rings. The molecule has 2 aromatic rings. The van der Waals surface area contributed by atoms with Crippen LogP contribution in [0, 0.1) is 5.92 Å². The molecule has 7 heteroatoms. The minimum atomic E-state index is -3.67. The molecule has 1 aliphatic rings. The molecule has 0 amide bonds. The minimum Gasteiger partial charge on any atom is -0.393 e. The van der Waals surface area contributed by atoms with E-state index in [-0.39, 0.29) is 17.4 Å². The number of sulfonamides is 1. The number of benzene rings is 1. The summed E-state index contributed by atoms with van der Waals surface area (Å²) in [5, 5.41) is 10.7. The second-order valence-corrected chi connectivity index (χ2v) is 7.70. The molecule has 0 radical (unpaired) electrons. The van der Waals surface area contributed by atoms with E-state index in [1.54, 1.807) is 18.3 Å². The van der Waals surface area contributed by atoms with Gasteiger partial charge in [0.15, 0.2) is 0 Å². The molecule has 1 aliphatic carbocycles. The molecule has 2 atom stereocenters. The van der Waals surface area contributed by atoms with Crippen LogP contribution in [0.2, 0.25) is 5.02 Å². The Morgan fingerprint density at radius 2 is 2.14 bits per heavy atom. The van der Waals surface area contributed by atoms with E-state index in [1.165, 1.54) is 12.1 Å². The first kappa shape index (κ1) is 15.7. The Morgan fingerprint density at radius 3 is 2.86 bits per heavy atom.